The monoisotopic (exact) mass is 247 g/mol. The van der Waals surface area contributed by atoms with Crippen LogP contribution in [0.25, 0.3) is 0 Å². The summed E-state index contributed by atoms with van der Waals surface area (Å²) in [7, 11) is 0. The number of halogens is 1. The molecule has 3 rings (SSSR count). The third kappa shape index (κ3) is 1.92. The third-order valence-corrected chi connectivity index (χ3v) is 4.18. The van der Waals surface area contributed by atoms with Crippen molar-refractivity contribution < 1.29 is 0 Å². The van der Waals surface area contributed by atoms with Crippen LogP contribution in [0.5, 0.6) is 0 Å². The van der Waals surface area contributed by atoms with Crippen LogP contribution in [-0.2, 0) is 0 Å². The first-order valence-corrected chi connectivity index (χ1v) is 6.38. The number of rotatable bonds is 1. The second kappa shape index (κ2) is 3.97. The molecule has 0 saturated carbocycles. The van der Waals surface area contributed by atoms with Gasteiger partial charge in [0.2, 0.25) is 0 Å². The van der Waals surface area contributed by atoms with Crippen molar-refractivity contribution in [1.29, 1.82) is 5.26 Å². The van der Waals surface area contributed by atoms with E-state index in [0.717, 1.165) is 25.7 Å². The van der Waals surface area contributed by atoms with Crippen molar-refractivity contribution in [2.75, 3.05) is 0 Å². The van der Waals surface area contributed by atoms with E-state index in [1.165, 1.54) is 5.56 Å². The van der Waals surface area contributed by atoms with Crippen LogP contribution in [0.2, 0.25) is 5.02 Å². The molecule has 2 fully saturated rings. The van der Waals surface area contributed by atoms with Gasteiger partial charge in [0.25, 0.3) is 0 Å². The van der Waals surface area contributed by atoms with Gasteiger partial charge in [-0.3, -0.25) is 10.3 Å². The highest BCUT2D eigenvalue weighted by Gasteiger charge is 2.45. The van der Waals surface area contributed by atoms with Crippen molar-refractivity contribution in [2.45, 2.75) is 43.2 Å². The molecule has 0 amide bonds. The van der Waals surface area contributed by atoms with Crippen molar-refractivity contribution in [3.63, 3.8) is 0 Å². The van der Waals surface area contributed by atoms with E-state index in [-0.39, 0.29) is 5.54 Å². The largest absolute Gasteiger partial charge is 0.297 e. The predicted molar refractivity (Wildman–Crippen MR) is 65.7 cm³/mol. The van der Waals surface area contributed by atoms with Crippen molar-refractivity contribution in [3.05, 3.63) is 29.0 Å². The van der Waals surface area contributed by atoms with Gasteiger partial charge in [-0.05, 0) is 43.2 Å². The Kier molecular flexibility index (Phi) is 2.57. The minimum absolute atomic E-state index is 0.310. The zero-order chi connectivity index (χ0) is 11.9. The molecule has 1 aromatic heterocycles. The first-order valence-electron chi connectivity index (χ1n) is 6.00. The molecule has 2 aliphatic rings. The molecule has 88 valence electrons. The summed E-state index contributed by atoms with van der Waals surface area (Å²) in [6.45, 7) is 0. The van der Waals surface area contributed by atoms with Crippen LogP contribution in [0, 0.1) is 11.3 Å². The molecule has 0 aromatic carbocycles. The molecule has 2 aliphatic heterocycles. The molecule has 0 aliphatic carbocycles. The Balaban J connectivity index is 1.89. The maximum Gasteiger partial charge on any atom is 0.107 e. The number of aromatic nitrogens is 1. The molecule has 3 nitrogen and oxygen atoms in total. The van der Waals surface area contributed by atoms with Crippen LogP contribution in [0.15, 0.2) is 18.5 Å². The summed E-state index contributed by atoms with van der Waals surface area (Å²) in [5.41, 5.74) is 0.862. The summed E-state index contributed by atoms with van der Waals surface area (Å²) in [4.78, 5) is 4.14. The first-order chi connectivity index (χ1) is 8.21. The average Bonchev–Trinajstić information content (AvgIpc) is 2.65. The van der Waals surface area contributed by atoms with Crippen molar-refractivity contribution in [2.24, 2.45) is 0 Å². The fraction of sp³-hybridized carbons (Fsp3) is 0.538. The Bertz CT molecular complexity index is 482. The zero-order valence-corrected chi connectivity index (χ0v) is 10.2. The van der Waals surface area contributed by atoms with Crippen LogP contribution in [0.3, 0.4) is 0 Å². The molecule has 1 aromatic rings. The summed E-state index contributed by atoms with van der Waals surface area (Å²) >= 11 is 5.98. The Hall–Kier alpha value is -1.11. The lowest BCUT2D eigenvalue weighted by Crippen LogP contribution is -2.47. The maximum atomic E-state index is 9.33. The number of piperidine rings is 1. The van der Waals surface area contributed by atoms with Crippen LogP contribution in [0.1, 0.15) is 37.2 Å². The van der Waals surface area contributed by atoms with Gasteiger partial charge in [0.1, 0.15) is 5.54 Å². The minimum atomic E-state index is -0.310. The molecule has 3 unspecified atom stereocenters. The Labute approximate surface area is 106 Å². The smallest absolute Gasteiger partial charge is 0.107 e. The lowest BCUT2D eigenvalue weighted by Gasteiger charge is -2.34. The van der Waals surface area contributed by atoms with E-state index in [1.54, 1.807) is 6.20 Å². The molecule has 0 radical (unpaired) electrons. The van der Waals surface area contributed by atoms with Gasteiger partial charge in [-0.25, -0.2) is 0 Å². The number of hydrogen-bond acceptors (Lipinski definition) is 3. The van der Waals surface area contributed by atoms with Gasteiger partial charge >= 0.3 is 0 Å². The minimum Gasteiger partial charge on any atom is -0.297 e. The van der Waals surface area contributed by atoms with Crippen LogP contribution < -0.4 is 5.32 Å². The number of nitrogens with one attached hydrogen (secondary N) is 1. The van der Waals surface area contributed by atoms with E-state index >= 15 is 0 Å². The molecular formula is C13H14ClN3. The fourth-order valence-electron chi connectivity index (χ4n) is 3.18. The summed E-state index contributed by atoms with van der Waals surface area (Å²) in [5, 5.41) is 13.5. The highest BCUT2D eigenvalue weighted by Crippen LogP contribution is 2.43. The highest BCUT2D eigenvalue weighted by molar-refractivity contribution is 6.30. The molecule has 0 spiro atoms. The normalized spacial score (nSPS) is 35.5. The van der Waals surface area contributed by atoms with Gasteiger partial charge in [-0.1, -0.05) is 11.6 Å². The molecule has 3 heterocycles. The van der Waals surface area contributed by atoms with E-state index in [4.69, 9.17) is 11.6 Å². The maximum absolute atomic E-state index is 9.33. The first kappa shape index (κ1) is 11.0. The van der Waals surface area contributed by atoms with Crippen LogP contribution >= 0.6 is 11.6 Å². The molecule has 2 bridgehead atoms. The van der Waals surface area contributed by atoms with E-state index in [1.807, 2.05) is 12.3 Å². The van der Waals surface area contributed by atoms with Gasteiger partial charge in [0, 0.05) is 18.4 Å². The molecule has 2 saturated heterocycles. The highest BCUT2D eigenvalue weighted by atomic mass is 35.5. The second-order valence-corrected chi connectivity index (χ2v) is 5.58. The lowest BCUT2D eigenvalue weighted by molar-refractivity contribution is 0.307. The van der Waals surface area contributed by atoms with Gasteiger partial charge < -0.3 is 0 Å². The Morgan fingerprint density at radius 1 is 1.53 bits per heavy atom. The molecule has 3 atom stereocenters. The molecule has 4 heteroatoms. The van der Waals surface area contributed by atoms with Gasteiger partial charge in [0.15, 0.2) is 0 Å². The SMILES string of the molecule is N#CC12CCC(CC(c3cncc(Cl)c3)C1)N2. The van der Waals surface area contributed by atoms with E-state index in [9.17, 15) is 5.26 Å². The molecular weight excluding hydrogens is 234 g/mol. The topological polar surface area (TPSA) is 48.7 Å². The van der Waals surface area contributed by atoms with Crippen LogP contribution in [-0.4, -0.2) is 16.6 Å². The standard InChI is InChI=1S/C13H14ClN3/c14-11-3-10(6-16-7-11)9-4-12-1-2-13(5-9,8-15)17-12/h3,6-7,9,12,17H,1-2,4-5H2. The lowest BCUT2D eigenvalue weighted by atomic mass is 9.81. The molecule has 17 heavy (non-hydrogen) atoms. The Morgan fingerprint density at radius 3 is 3.18 bits per heavy atom. The summed E-state index contributed by atoms with van der Waals surface area (Å²) < 4.78 is 0. The van der Waals surface area contributed by atoms with E-state index < -0.39 is 0 Å². The van der Waals surface area contributed by atoms with Crippen molar-refractivity contribution >= 4 is 11.6 Å². The number of nitrogens with zero attached hydrogens (tertiary/aromatic N) is 2. The number of nitriles is 1. The quantitative estimate of drug-likeness (QED) is 0.830. The van der Waals surface area contributed by atoms with Gasteiger partial charge in [-0.15, -0.1) is 0 Å². The zero-order valence-electron chi connectivity index (χ0n) is 9.49. The predicted octanol–water partition coefficient (Wildman–Crippen LogP) is 2.63. The second-order valence-electron chi connectivity index (χ2n) is 5.15. The van der Waals surface area contributed by atoms with Gasteiger partial charge in [-0.2, -0.15) is 5.26 Å². The number of pyridine rings is 1. The number of hydrogen-bond donors (Lipinski definition) is 1. The summed E-state index contributed by atoms with van der Waals surface area (Å²) in [6.07, 6.45) is 7.58. The van der Waals surface area contributed by atoms with Crippen LogP contribution in [0.4, 0.5) is 0 Å². The number of fused-ring (bicyclic) bond motifs is 2. The van der Waals surface area contributed by atoms with Crippen molar-refractivity contribution in [1.82, 2.24) is 10.3 Å². The van der Waals surface area contributed by atoms with Crippen molar-refractivity contribution in [3.8, 4) is 6.07 Å². The average molecular weight is 248 g/mol. The van der Waals surface area contributed by atoms with E-state index in [0.29, 0.717) is 17.0 Å². The van der Waals surface area contributed by atoms with Gasteiger partial charge in [0.05, 0.1) is 11.1 Å². The summed E-state index contributed by atoms with van der Waals surface area (Å²) in [5.74, 6) is 0.412. The summed E-state index contributed by atoms with van der Waals surface area (Å²) in [6, 6.07) is 4.92. The molecule has 1 N–H and O–H groups in total. The fourth-order valence-corrected chi connectivity index (χ4v) is 3.36. The third-order valence-electron chi connectivity index (χ3n) is 3.98. The van der Waals surface area contributed by atoms with E-state index in [2.05, 4.69) is 16.4 Å². The Morgan fingerprint density at radius 2 is 2.41 bits per heavy atom.